The number of rotatable bonds is 0. The van der Waals surface area contributed by atoms with Crippen LogP contribution in [0, 0.1) is 34.6 Å². The molecule has 4 rings (SSSR count). The maximum atomic E-state index is 13.8. The molecular formula is C13H7F4N. The Morgan fingerprint density at radius 2 is 1.56 bits per heavy atom. The van der Waals surface area contributed by atoms with Crippen LogP contribution in [0.4, 0.5) is 17.6 Å². The highest BCUT2D eigenvalue weighted by atomic mass is 19.2. The molecule has 2 atom stereocenters. The second-order valence-electron chi connectivity index (χ2n) is 4.55. The summed E-state index contributed by atoms with van der Waals surface area (Å²) in [5.74, 6) is -7.45. The van der Waals surface area contributed by atoms with Crippen LogP contribution in [0.2, 0.25) is 0 Å². The third kappa shape index (κ3) is 1.20. The SMILES string of the molecule is N#CC1=C[C@@H]2CC[C@H]1c1c(F)c(F)c(F)c(F)c12. The van der Waals surface area contributed by atoms with Crippen LogP contribution in [-0.2, 0) is 0 Å². The molecule has 0 saturated heterocycles. The van der Waals surface area contributed by atoms with Gasteiger partial charge in [0.05, 0.1) is 6.07 Å². The Morgan fingerprint density at radius 1 is 0.944 bits per heavy atom. The van der Waals surface area contributed by atoms with Gasteiger partial charge in [-0.25, -0.2) is 17.6 Å². The fraction of sp³-hybridized carbons (Fsp3) is 0.308. The summed E-state index contributed by atoms with van der Waals surface area (Å²) in [5, 5.41) is 8.92. The van der Waals surface area contributed by atoms with Crippen molar-refractivity contribution in [2.24, 2.45) is 0 Å². The maximum Gasteiger partial charge on any atom is 0.197 e. The zero-order valence-corrected chi connectivity index (χ0v) is 9.11. The average molecular weight is 253 g/mol. The lowest BCUT2D eigenvalue weighted by molar-refractivity contribution is 0.376. The number of halogens is 4. The third-order valence-electron chi connectivity index (χ3n) is 3.71. The largest absolute Gasteiger partial charge is 0.203 e. The third-order valence-corrected chi connectivity index (χ3v) is 3.71. The van der Waals surface area contributed by atoms with Gasteiger partial charge in [0.25, 0.3) is 0 Å². The number of hydrogen-bond acceptors (Lipinski definition) is 1. The molecule has 3 aliphatic carbocycles. The molecule has 3 aliphatic rings. The fourth-order valence-corrected chi connectivity index (χ4v) is 2.93. The molecule has 0 aliphatic heterocycles. The highest BCUT2D eigenvalue weighted by molar-refractivity contribution is 5.53. The van der Waals surface area contributed by atoms with Gasteiger partial charge in [0.1, 0.15) is 0 Å². The molecule has 92 valence electrons. The zero-order chi connectivity index (χ0) is 13.0. The van der Waals surface area contributed by atoms with E-state index >= 15 is 0 Å². The maximum absolute atomic E-state index is 13.8. The number of allylic oxidation sites excluding steroid dienone is 2. The van der Waals surface area contributed by atoms with Gasteiger partial charge in [-0.15, -0.1) is 0 Å². The molecule has 0 N–H and O–H groups in total. The van der Waals surface area contributed by atoms with Crippen molar-refractivity contribution in [3.05, 3.63) is 46.0 Å². The first kappa shape index (κ1) is 11.3. The van der Waals surface area contributed by atoms with Crippen LogP contribution >= 0.6 is 0 Å². The molecule has 0 amide bonds. The molecule has 18 heavy (non-hydrogen) atoms. The van der Waals surface area contributed by atoms with Crippen LogP contribution in [0.3, 0.4) is 0 Å². The molecule has 1 aromatic rings. The van der Waals surface area contributed by atoms with Gasteiger partial charge in [-0.2, -0.15) is 5.26 Å². The topological polar surface area (TPSA) is 23.8 Å². The highest BCUT2D eigenvalue weighted by Crippen LogP contribution is 2.51. The van der Waals surface area contributed by atoms with E-state index in [9.17, 15) is 17.6 Å². The summed E-state index contributed by atoms with van der Waals surface area (Å²) in [6, 6.07) is 1.91. The van der Waals surface area contributed by atoms with E-state index in [-0.39, 0.29) is 11.1 Å². The fourth-order valence-electron chi connectivity index (χ4n) is 2.93. The number of hydrogen-bond donors (Lipinski definition) is 0. The molecule has 2 bridgehead atoms. The van der Waals surface area contributed by atoms with Crippen molar-refractivity contribution in [2.75, 3.05) is 0 Å². The van der Waals surface area contributed by atoms with Crippen molar-refractivity contribution in [1.29, 1.82) is 5.26 Å². The first-order valence-electron chi connectivity index (χ1n) is 5.53. The predicted octanol–water partition coefficient (Wildman–Crippen LogP) is 3.67. The quantitative estimate of drug-likeness (QED) is 0.393. The van der Waals surface area contributed by atoms with Crippen LogP contribution in [-0.4, -0.2) is 0 Å². The average Bonchev–Trinajstić information content (AvgIpc) is 2.42. The normalized spacial score (nSPS) is 24.5. The summed E-state index contributed by atoms with van der Waals surface area (Å²) in [6.07, 6.45) is 2.50. The second kappa shape index (κ2) is 3.58. The Hall–Kier alpha value is -1.83. The Morgan fingerprint density at radius 3 is 2.17 bits per heavy atom. The molecule has 0 aromatic heterocycles. The number of benzene rings is 1. The molecule has 0 spiro atoms. The Balaban J connectivity index is 2.36. The number of nitriles is 1. The van der Waals surface area contributed by atoms with E-state index in [2.05, 4.69) is 0 Å². The lowest BCUT2D eigenvalue weighted by Gasteiger charge is -2.36. The van der Waals surface area contributed by atoms with E-state index in [1.165, 1.54) is 6.08 Å². The van der Waals surface area contributed by atoms with E-state index in [4.69, 9.17) is 5.26 Å². The number of fused-ring (bicyclic) bond motifs is 1. The van der Waals surface area contributed by atoms with Gasteiger partial charge in [-0.05, 0) is 12.8 Å². The van der Waals surface area contributed by atoms with E-state index in [0.29, 0.717) is 18.4 Å². The number of nitrogens with zero attached hydrogens (tertiary/aromatic N) is 1. The van der Waals surface area contributed by atoms with E-state index in [1.54, 1.807) is 0 Å². The summed E-state index contributed by atoms with van der Waals surface area (Å²) in [5.41, 5.74) is 0.00593. The van der Waals surface area contributed by atoms with Crippen LogP contribution in [0.25, 0.3) is 0 Å². The molecule has 5 heteroatoms. The van der Waals surface area contributed by atoms with E-state index in [1.807, 2.05) is 6.07 Å². The second-order valence-corrected chi connectivity index (χ2v) is 4.55. The molecule has 0 unspecified atom stereocenters. The van der Waals surface area contributed by atoms with Gasteiger partial charge in [0.2, 0.25) is 0 Å². The van der Waals surface area contributed by atoms with Gasteiger partial charge in [0.15, 0.2) is 23.3 Å². The molecule has 1 aromatic carbocycles. The summed E-state index contributed by atoms with van der Waals surface area (Å²) in [7, 11) is 0. The van der Waals surface area contributed by atoms with Gasteiger partial charge in [-0.1, -0.05) is 6.08 Å². The standard InChI is InChI=1S/C13H7F4N/c14-10-8-5-1-2-7(6(3-5)4-18)9(8)11(15)13(17)12(10)16/h3,5,7H,1-2H2/t5-,7+/m0/s1. The van der Waals surface area contributed by atoms with Crippen LogP contribution in [0.1, 0.15) is 35.8 Å². The van der Waals surface area contributed by atoms with Crippen LogP contribution in [0.15, 0.2) is 11.6 Å². The summed E-state index contributed by atoms with van der Waals surface area (Å²) in [6.45, 7) is 0. The Kier molecular flexibility index (Phi) is 2.24. The van der Waals surface area contributed by atoms with Gasteiger partial charge < -0.3 is 0 Å². The lowest BCUT2D eigenvalue weighted by Crippen LogP contribution is -2.25. The van der Waals surface area contributed by atoms with Gasteiger partial charge in [-0.3, -0.25) is 0 Å². The first-order valence-corrected chi connectivity index (χ1v) is 5.53. The van der Waals surface area contributed by atoms with Crippen molar-refractivity contribution in [3.8, 4) is 6.07 Å². The predicted molar refractivity (Wildman–Crippen MR) is 54.7 cm³/mol. The Bertz CT molecular complexity index is 627. The summed E-state index contributed by atoms with van der Waals surface area (Å²) in [4.78, 5) is 0. The Labute approximate surface area is 100 Å². The molecule has 1 nitrogen and oxygen atoms in total. The smallest absolute Gasteiger partial charge is 0.197 e. The zero-order valence-electron chi connectivity index (χ0n) is 9.11. The minimum Gasteiger partial charge on any atom is -0.203 e. The van der Waals surface area contributed by atoms with Crippen molar-refractivity contribution in [2.45, 2.75) is 24.7 Å². The van der Waals surface area contributed by atoms with Gasteiger partial charge in [0, 0.05) is 28.5 Å². The van der Waals surface area contributed by atoms with Crippen LogP contribution in [0.5, 0.6) is 0 Å². The first-order chi connectivity index (χ1) is 8.56. The minimum atomic E-state index is -1.80. The summed E-state index contributed by atoms with van der Waals surface area (Å²) >= 11 is 0. The molecule has 0 radical (unpaired) electrons. The van der Waals surface area contributed by atoms with E-state index < -0.39 is 35.1 Å². The minimum absolute atomic E-state index is 0.123. The monoisotopic (exact) mass is 253 g/mol. The molecule has 0 fully saturated rings. The molecule has 0 heterocycles. The van der Waals surface area contributed by atoms with Crippen molar-refractivity contribution < 1.29 is 17.6 Å². The summed E-state index contributed by atoms with van der Waals surface area (Å²) < 4.78 is 53.9. The van der Waals surface area contributed by atoms with Gasteiger partial charge >= 0.3 is 0 Å². The van der Waals surface area contributed by atoms with Crippen LogP contribution < -0.4 is 0 Å². The van der Waals surface area contributed by atoms with E-state index in [0.717, 1.165) is 0 Å². The lowest BCUT2D eigenvalue weighted by atomic mass is 9.67. The molecule has 0 saturated carbocycles. The van der Waals surface area contributed by atoms with Crippen molar-refractivity contribution in [1.82, 2.24) is 0 Å². The molecular weight excluding hydrogens is 246 g/mol. The van der Waals surface area contributed by atoms with Crippen molar-refractivity contribution >= 4 is 0 Å². The highest BCUT2D eigenvalue weighted by Gasteiger charge is 2.41. The van der Waals surface area contributed by atoms with Crippen molar-refractivity contribution in [3.63, 3.8) is 0 Å².